The monoisotopic (exact) mass is 449 g/mol. The minimum absolute atomic E-state index is 0.000000000000000444. The third kappa shape index (κ3) is 7.16. The van der Waals surface area contributed by atoms with Crippen molar-refractivity contribution in [2.24, 2.45) is 5.92 Å². The highest BCUT2D eigenvalue weighted by Gasteiger charge is 2.34. The van der Waals surface area contributed by atoms with Crippen LogP contribution in [0.4, 0.5) is 0 Å². The Morgan fingerprint density at radius 3 is 2.31 bits per heavy atom. The fourth-order valence-electron chi connectivity index (χ4n) is 3.17. The Kier molecular flexibility index (Phi) is 11.0. The number of piperidine rings is 1. The van der Waals surface area contributed by atoms with Crippen molar-refractivity contribution >= 4 is 30.0 Å². The van der Waals surface area contributed by atoms with Crippen molar-refractivity contribution in [1.82, 2.24) is 15.5 Å². The van der Waals surface area contributed by atoms with E-state index in [4.69, 9.17) is 10.2 Å². The van der Waals surface area contributed by atoms with Gasteiger partial charge in [0.15, 0.2) is 6.29 Å². The average Bonchev–Trinajstić information content (AvgIpc) is 2.71. The van der Waals surface area contributed by atoms with E-state index in [9.17, 15) is 24.0 Å². The third-order valence-electron chi connectivity index (χ3n) is 5.30. The van der Waals surface area contributed by atoms with Crippen LogP contribution in [0.3, 0.4) is 0 Å². The number of likely N-dealkylation sites (N-methyl/N-ethyl adjacent to an activating group) is 1. The SMILES string of the molecule is C=C/C(NCCO)=C(C=O)\C(=C/C)C(=O)N(C)C1CCC(=O)NC1=O.O=C(O)C1CCC1. The van der Waals surface area contributed by atoms with Gasteiger partial charge in [-0.15, -0.1) is 0 Å². The van der Waals surface area contributed by atoms with E-state index in [0.29, 0.717) is 12.0 Å². The van der Waals surface area contributed by atoms with Crippen LogP contribution in [-0.2, 0) is 24.0 Å². The van der Waals surface area contributed by atoms with Gasteiger partial charge >= 0.3 is 5.97 Å². The molecule has 4 N–H and O–H groups in total. The Morgan fingerprint density at radius 1 is 1.28 bits per heavy atom. The summed E-state index contributed by atoms with van der Waals surface area (Å²) in [5, 5.41) is 22.2. The van der Waals surface area contributed by atoms with Gasteiger partial charge in [-0.3, -0.25) is 29.3 Å². The molecule has 32 heavy (non-hydrogen) atoms. The van der Waals surface area contributed by atoms with E-state index in [0.717, 1.165) is 19.3 Å². The van der Waals surface area contributed by atoms with Crippen LogP contribution in [0.25, 0.3) is 0 Å². The van der Waals surface area contributed by atoms with Gasteiger partial charge in [0.25, 0.3) is 5.91 Å². The molecule has 10 heteroatoms. The van der Waals surface area contributed by atoms with Crippen molar-refractivity contribution in [2.75, 3.05) is 20.2 Å². The summed E-state index contributed by atoms with van der Waals surface area (Å²) in [5.74, 6) is -2.05. The van der Waals surface area contributed by atoms with Crippen LogP contribution in [0, 0.1) is 5.92 Å². The zero-order valence-corrected chi connectivity index (χ0v) is 18.4. The normalized spacial score (nSPS) is 19.3. The highest BCUT2D eigenvalue weighted by molar-refractivity contribution is 6.08. The molecule has 2 rings (SSSR count). The smallest absolute Gasteiger partial charge is 0.306 e. The number of carboxylic acid groups (broad SMARTS) is 1. The number of aldehydes is 1. The number of hydrogen-bond donors (Lipinski definition) is 4. The topological polar surface area (TPSA) is 153 Å². The number of carbonyl (C=O) groups excluding carboxylic acids is 4. The molecular weight excluding hydrogens is 418 g/mol. The van der Waals surface area contributed by atoms with Crippen molar-refractivity contribution in [3.63, 3.8) is 0 Å². The van der Waals surface area contributed by atoms with Gasteiger partial charge in [0.1, 0.15) is 6.04 Å². The summed E-state index contributed by atoms with van der Waals surface area (Å²) >= 11 is 0. The Balaban J connectivity index is 0.000000616. The van der Waals surface area contributed by atoms with Crippen LogP contribution in [0.2, 0.25) is 0 Å². The van der Waals surface area contributed by atoms with Crippen LogP contribution in [-0.4, -0.2) is 71.3 Å². The number of aliphatic hydroxyl groups excluding tert-OH is 1. The number of hydrogen-bond acceptors (Lipinski definition) is 7. The Hall–Kier alpha value is -3.27. The molecule has 1 unspecified atom stereocenters. The molecule has 0 radical (unpaired) electrons. The van der Waals surface area contributed by atoms with Gasteiger partial charge in [-0.25, -0.2) is 0 Å². The molecule has 176 valence electrons. The Bertz CT molecular complexity index is 812. The molecule has 0 spiro atoms. The molecule has 1 saturated carbocycles. The fourth-order valence-corrected chi connectivity index (χ4v) is 3.17. The van der Waals surface area contributed by atoms with Gasteiger partial charge in [0.05, 0.1) is 12.5 Å². The molecule has 2 fully saturated rings. The molecule has 1 aliphatic carbocycles. The Labute approximate surface area is 187 Å². The number of nitrogens with one attached hydrogen (secondary N) is 2. The standard InChI is InChI=1S/C17H23N3O5.C5H8O2/c1-4-11(12(10-22)13(5-2)18-8-9-21)17(25)20(3)14-6-7-15(23)19-16(14)24;6-5(7)4-2-1-3-4/h4-5,10,14,18,21H,2,6-9H2,1,3H3,(H,19,23,24);4H,1-3H2,(H,6,7)/b11-4+,13-12+;. The lowest BCUT2D eigenvalue weighted by Gasteiger charge is -2.30. The second-order valence-corrected chi connectivity index (χ2v) is 7.35. The number of carboxylic acids is 1. The van der Waals surface area contributed by atoms with E-state index in [-0.39, 0.29) is 49.0 Å². The largest absolute Gasteiger partial charge is 0.481 e. The van der Waals surface area contributed by atoms with E-state index in [1.165, 1.54) is 24.1 Å². The zero-order chi connectivity index (χ0) is 24.3. The number of imide groups is 1. The third-order valence-corrected chi connectivity index (χ3v) is 5.30. The van der Waals surface area contributed by atoms with E-state index >= 15 is 0 Å². The molecule has 2 aliphatic rings. The maximum Gasteiger partial charge on any atom is 0.306 e. The first kappa shape index (κ1) is 26.8. The number of allylic oxidation sites excluding steroid dienone is 2. The molecule has 10 nitrogen and oxygen atoms in total. The lowest BCUT2D eigenvalue weighted by Crippen LogP contribution is -2.53. The molecule has 1 atom stereocenters. The summed E-state index contributed by atoms with van der Waals surface area (Å²) in [4.78, 5) is 58.7. The first-order valence-corrected chi connectivity index (χ1v) is 10.4. The average molecular weight is 450 g/mol. The van der Waals surface area contributed by atoms with Crippen LogP contribution in [0.5, 0.6) is 0 Å². The van der Waals surface area contributed by atoms with Gasteiger partial charge in [0, 0.05) is 36.9 Å². The quantitative estimate of drug-likeness (QED) is 0.170. The van der Waals surface area contributed by atoms with Crippen molar-refractivity contribution < 1.29 is 34.2 Å². The van der Waals surface area contributed by atoms with Crippen molar-refractivity contribution in [1.29, 1.82) is 0 Å². The molecule has 1 saturated heterocycles. The van der Waals surface area contributed by atoms with Crippen LogP contribution in [0.15, 0.2) is 35.6 Å². The summed E-state index contributed by atoms with van der Waals surface area (Å²) in [5.41, 5.74) is 0.486. The van der Waals surface area contributed by atoms with Crippen LogP contribution in [0.1, 0.15) is 39.0 Å². The molecule has 1 aliphatic heterocycles. The molecule has 1 heterocycles. The number of aliphatic hydroxyl groups is 1. The van der Waals surface area contributed by atoms with Gasteiger partial charge < -0.3 is 20.4 Å². The molecule has 3 amide bonds. The maximum absolute atomic E-state index is 12.8. The van der Waals surface area contributed by atoms with E-state index in [1.807, 2.05) is 0 Å². The van der Waals surface area contributed by atoms with Crippen LogP contribution < -0.4 is 10.6 Å². The first-order chi connectivity index (χ1) is 15.2. The summed E-state index contributed by atoms with van der Waals surface area (Å²) in [7, 11) is 1.45. The molecule has 0 aromatic rings. The van der Waals surface area contributed by atoms with Crippen molar-refractivity contribution in [3.8, 4) is 0 Å². The zero-order valence-electron chi connectivity index (χ0n) is 18.4. The highest BCUT2D eigenvalue weighted by Crippen LogP contribution is 2.25. The van der Waals surface area contributed by atoms with Gasteiger partial charge in [-0.1, -0.05) is 19.1 Å². The number of carbonyl (C=O) groups is 5. The summed E-state index contributed by atoms with van der Waals surface area (Å²) < 4.78 is 0. The number of aliphatic carboxylic acids is 1. The summed E-state index contributed by atoms with van der Waals surface area (Å²) in [6.45, 7) is 5.23. The van der Waals surface area contributed by atoms with Crippen LogP contribution >= 0.6 is 0 Å². The maximum atomic E-state index is 12.8. The lowest BCUT2D eigenvalue weighted by atomic mass is 9.86. The fraction of sp³-hybridized carbons (Fsp3) is 0.500. The lowest BCUT2D eigenvalue weighted by molar-refractivity contribution is -0.144. The van der Waals surface area contributed by atoms with Gasteiger partial charge in [-0.2, -0.15) is 0 Å². The van der Waals surface area contributed by atoms with Crippen molar-refractivity contribution in [2.45, 2.75) is 45.1 Å². The first-order valence-electron chi connectivity index (χ1n) is 10.4. The predicted octanol–water partition coefficient (Wildman–Crippen LogP) is 0.288. The predicted molar refractivity (Wildman–Crippen MR) is 116 cm³/mol. The Morgan fingerprint density at radius 2 is 1.94 bits per heavy atom. The second-order valence-electron chi connectivity index (χ2n) is 7.35. The molecule has 0 bridgehead atoms. The second kappa shape index (κ2) is 13.2. The van der Waals surface area contributed by atoms with E-state index in [1.54, 1.807) is 6.92 Å². The number of amides is 3. The van der Waals surface area contributed by atoms with Crippen molar-refractivity contribution in [3.05, 3.63) is 35.6 Å². The van der Waals surface area contributed by atoms with Gasteiger partial charge in [-0.05, 0) is 32.3 Å². The minimum atomic E-state index is -0.786. The highest BCUT2D eigenvalue weighted by atomic mass is 16.4. The number of rotatable bonds is 9. The molecule has 0 aromatic carbocycles. The summed E-state index contributed by atoms with van der Waals surface area (Å²) in [6, 6.07) is -0.786. The summed E-state index contributed by atoms with van der Waals surface area (Å²) in [6.07, 6.45) is 6.64. The van der Waals surface area contributed by atoms with E-state index < -0.39 is 23.8 Å². The van der Waals surface area contributed by atoms with E-state index in [2.05, 4.69) is 17.2 Å². The molecule has 0 aromatic heterocycles. The van der Waals surface area contributed by atoms with Gasteiger partial charge in [0.2, 0.25) is 11.8 Å². The minimum Gasteiger partial charge on any atom is -0.481 e. The molecular formula is C22H31N3O7. The number of nitrogens with zero attached hydrogens (tertiary/aromatic N) is 1.